The van der Waals surface area contributed by atoms with E-state index in [0.717, 1.165) is 35.7 Å². The molecule has 2 heterocycles. The third-order valence-corrected chi connectivity index (χ3v) is 3.43. The predicted molar refractivity (Wildman–Crippen MR) is 83.8 cm³/mol. The van der Waals surface area contributed by atoms with Crippen LogP contribution in [0.5, 0.6) is 11.6 Å². The largest absolute Gasteiger partial charge is 0.437 e. The van der Waals surface area contributed by atoms with Gasteiger partial charge in [0, 0.05) is 12.7 Å². The van der Waals surface area contributed by atoms with Crippen LogP contribution in [0.2, 0.25) is 0 Å². The van der Waals surface area contributed by atoms with Crippen molar-refractivity contribution in [3.63, 3.8) is 0 Å². The monoisotopic (exact) mass is 281 g/mol. The quantitative estimate of drug-likeness (QED) is 0.777. The smallest absolute Gasteiger partial charge is 0.242 e. The molecule has 3 aromatic rings. The fraction of sp³-hybridized carbons (Fsp3) is 0.235. The molecule has 4 nitrogen and oxygen atoms in total. The van der Waals surface area contributed by atoms with Crippen molar-refractivity contribution in [1.29, 1.82) is 0 Å². The van der Waals surface area contributed by atoms with Crippen LogP contribution in [0, 0.1) is 6.92 Å². The van der Waals surface area contributed by atoms with Crippen LogP contribution in [0.4, 0.5) is 0 Å². The summed E-state index contributed by atoms with van der Waals surface area (Å²) in [6, 6.07) is 14.0. The molecule has 0 saturated heterocycles. The van der Waals surface area contributed by atoms with Gasteiger partial charge in [-0.3, -0.25) is 4.40 Å². The summed E-state index contributed by atoms with van der Waals surface area (Å²) >= 11 is 0. The highest BCUT2D eigenvalue weighted by atomic mass is 16.5. The summed E-state index contributed by atoms with van der Waals surface area (Å²) < 4.78 is 8.12. The Morgan fingerprint density at radius 2 is 1.95 bits per heavy atom. The Kier molecular flexibility index (Phi) is 3.88. The molecule has 3 rings (SSSR count). The van der Waals surface area contributed by atoms with Crippen molar-refractivity contribution < 1.29 is 4.74 Å². The molecular formula is C17H19N3O. The first-order valence-electron chi connectivity index (χ1n) is 7.19. The minimum absolute atomic E-state index is 0.663. The van der Waals surface area contributed by atoms with Crippen molar-refractivity contribution in [2.24, 2.45) is 0 Å². The highest BCUT2D eigenvalue weighted by Gasteiger charge is 2.14. The number of benzene rings is 1. The van der Waals surface area contributed by atoms with Gasteiger partial charge in [0.15, 0.2) is 0 Å². The molecule has 108 valence electrons. The number of aryl methyl sites for hydroxylation is 1. The molecule has 0 aliphatic rings. The number of imidazole rings is 1. The zero-order chi connectivity index (χ0) is 14.7. The van der Waals surface area contributed by atoms with Crippen LogP contribution < -0.4 is 10.1 Å². The minimum Gasteiger partial charge on any atom is -0.437 e. The molecule has 0 atom stereocenters. The summed E-state index contributed by atoms with van der Waals surface area (Å²) in [4.78, 5) is 4.60. The van der Waals surface area contributed by atoms with Crippen molar-refractivity contribution in [1.82, 2.24) is 14.7 Å². The van der Waals surface area contributed by atoms with Gasteiger partial charge < -0.3 is 10.1 Å². The Morgan fingerprint density at radius 3 is 2.76 bits per heavy atom. The number of nitrogens with zero attached hydrogens (tertiary/aromatic N) is 2. The van der Waals surface area contributed by atoms with E-state index in [1.807, 2.05) is 55.6 Å². The second-order valence-electron chi connectivity index (χ2n) is 4.94. The fourth-order valence-electron chi connectivity index (χ4n) is 2.29. The van der Waals surface area contributed by atoms with Crippen LogP contribution in [0.1, 0.15) is 18.2 Å². The summed E-state index contributed by atoms with van der Waals surface area (Å²) in [7, 11) is 0. The van der Waals surface area contributed by atoms with E-state index in [4.69, 9.17) is 4.74 Å². The van der Waals surface area contributed by atoms with Gasteiger partial charge in [-0.25, -0.2) is 0 Å². The Balaban J connectivity index is 2.02. The zero-order valence-corrected chi connectivity index (χ0v) is 12.3. The molecule has 0 spiro atoms. The van der Waals surface area contributed by atoms with E-state index in [1.54, 1.807) is 0 Å². The van der Waals surface area contributed by atoms with Gasteiger partial charge in [-0.15, -0.1) is 0 Å². The number of ether oxygens (including phenoxy) is 1. The number of fused-ring (bicyclic) bond motifs is 1. The highest BCUT2D eigenvalue weighted by Crippen LogP contribution is 2.27. The van der Waals surface area contributed by atoms with Crippen LogP contribution in [0.15, 0.2) is 48.7 Å². The van der Waals surface area contributed by atoms with Crippen LogP contribution in [0.25, 0.3) is 5.65 Å². The molecule has 0 amide bonds. The van der Waals surface area contributed by atoms with E-state index < -0.39 is 0 Å². The van der Waals surface area contributed by atoms with Crippen LogP contribution >= 0.6 is 0 Å². The Hall–Kier alpha value is -2.33. The lowest BCUT2D eigenvalue weighted by molar-refractivity contribution is 0.453. The molecule has 0 fully saturated rings. The van der Waals surface area contributed by atoms with E-state index in [1.165, 1.54) is 0 Å². The van der Waals surface area contributed by atoms with Crippen LogP contribution in [-0.2, 0) is 6.54 Å². The average molecular weight is 281 g/mol. The maximum atomic E-state index is 6.05. The van der Waals surface area contributed by atoms with Gasteiger partial charge in [0.2, 0.25) is 5.88 Å². The first-order valence-corrected chi connectivity index (χ1v) is 7.19. The average Bonchev–Trinajstić information content (AvgIpc) is 2.85. The third kappa shape index (κ3) is 2.76. The van der Waals surface area contributed by atoms with E-state index in [2.05, 4.69) is 21.6 Å². The molecular weight excluding hydrogens is 262 g/mol. The first kappa shape index (κ1) is 13.6. The van der Waals surface area contributed by atoms with E-state index in [9.17, 15) is 0 Å². The third-order valence-electron chi connectivity index (χ3n) is 3.43. The van der Waals surface area contributed by atoms with E-state index in [-0.39, 0.29) is 0 Å². The molecule has 1 aromatic carbocycles. The van der Waals surface area contributed by atoms with Crippen LogP contribution in [-0.4, -0.2) is 15.9 Å². The standard InChI is InChI=1S/C17H19N3O/c1-3-18-12-14-17(19-16-10-6-7-11-20(14)16)21-15-9-5-4-8-13(15)2/h4-11,18H,3,12H2,1-2H3. The molecule has 0 unspecified atom stereocenters. The molecule has 0 saturated carbocycles. The Bertz CT molecular complexity index is 749. The van der Waals surface area contributed by atoms with Crippen molar-refractivity contribution in [2.45, 2.75) is 20.4 Å². The maximum Gasteiger partial charge on any atom is 0.242 e. The number of hydrogen-bond donors (Lipinski definition) is 1. The molecule has 0 bridgehead atoms. The second kappa shape index (κ2) is 5.97. The minimum atomic E-state index is 0.663. The van der Waals surface area contributed by atoms with E-state index in [0.29, 0.717) is 5.88 Å². The van der Waals surface area contributed by atoms with Gasteiger partial charge in [-0.05, 0) is 37.2 Å². The molecule has 4 heteroatoms. The topological polar surface area (TPSA) is 38.6 Å². The van der Waals surface area contributed by atoms with Gasteiger partial charge in [0.05, 0.1) is 0 Å². The SMILES string of the molecule is CCNCc1c(Oc2ccccc2C)nc2ccccn12. The Morgan fingerprint density at radius 1 is 1.14 bits per heavy atom. The van der Waals surface area contributed by atoms with Crippen molar-refractivity contribution >= 4 is 5.65 Å². The number of rotatable bonds is 5. The lowest BCUT2D eigenvalue weighted by Crippen LogP contribution is -2.14. The van der Waals surface area contributed by atoms with Gasteiger partial charge in [0.1, 0.15) is 17.1 Å². The lowest BCUT2D eigenvalue weighted by atomic mass is 10.2. The number of hydrogen-bond acceptors (Lipinski definition) is 3. The summed E-state index contributed by atoms with van der Waals surface area (Å²) in [5.41, 5.74) is 3.04. The first-order chi connectivity index (χ1) is 10.3. The van der Waals surface area contributed by atoms with Crippen LogP contribution in [0.3, 0.4) is 0 Å². The normalized spacial score (nSPS) is 11.0. The van der Waals surface area contributed by atoms with Crippen molar-refractivity contribution in [3.8, 4) is 11.6 Å². The lowest BCUT2D eigenvalue weighted by Gasteiger charge is -2.08. The molecule has 0 aliphatic heterocycles. The van der Waals surface area contributed by atoms with Gasteiger partial charge in [-0.1, -0.05) is 31.2 Å². The van der Waals surface area contributed by atoms with Crippen molar-refractivity contribution in [2.75, 3.05) is 6.54 Å². The summed E-state index contributed by atoms with van der Waals surface area (Å²) in [6.45, 7) is 5.76. The second-order valence-corrected chi connectivity index (χ2v) is 4.94. The molecule has 21 heavy (non-hydrogen) atoms. The summed E-state index contributed by atoms with van der Waals surface area (Å²) in [5.74, 6) is 1.51. The number of pyridine rings is 1. The highest BCUT2D eigenvalue weighted by molar-refractivity contribution is 5.47. The van der Waals surface area contributed by atoms with Gasteiger partial charge >= 0.3 is 0 Å². The molecule has 0 aliphatic carbocycles. The predicted octanol–water partition coefficient (Wildman–Crippen LogP) is 3.54. The zero-order valence-electron chi connectivity index (χ0n) is 12.3. The Labute approximate surface area is 124 Å². The number of aromatic nitrogens is 2. The number of para-hydroxylation sites is 1. The fourth-order valence-corrected chi connectivity index (χ4v) is 2.29. The van der Waals surface area contributed by atoms with Gasteiger partial charge in [0.25, 0.3) is 0 Å². The molecule has 1 N–H and O–H groups in total. The summed E-state index contributed by atoms with van der Waals surface area (Å²) in [6.07, 6.45) is 2.01. The molecule has 0 radical (unpaired) electrons. The van der Waals surface area contributed by atoms with Gasteiger partial charge in [-0.2, -0.15) is 4.98 Å². The summed E-state index contributed by atoms with van der Waals surface area (Å²) in [5, 5.41) is 3.34. The van der Waals surface area contributed by atoms with E-state index >= 15 is 0 Å². The number of nitrogens with one attached hydrogen (secondary N) is 1. The van der Waals surface area contributed by atoms with Crippen molar-refractivity contribution in [3.05, 3.63) is 59.9 Å². The maximum absolute atomic E-state index is 6.05. The molecule has 2 aromatic heterocycles.